The van der Waals surface area contributed by atoms with Crippen molar-refractivity contribution in [2.24, 2.45) is 0 Å². The summed E-state index contributed by atoms with van der Waals surface area (Å²) in [7, 11) is 0. The van der Waals surface area contributed by atoms with Crippen molar-refractivity contribution in [1.29, 1.82) is 0 Å². The predicted octanol–water partition coefficient (Wildman–Crippen LogP) is 5.40. The van der Waals surface area contributed by atoms with Gasteiger partial charge in [0, 0.05) is 22.6 Å². The van der Waals surface area contributed by atoms with Gasteiger partial charge < -0.3 is 10.2 Å². The predicted molar refractivity (Wildman–Crippen MR) is 122 cm³/mol. The van der Waals surface area contributed by atoms with Gasteiger partial charge in [0.2, 0.25) is 11.8 Å². The summed E-state index contributed by atoms with van der Waals surface area (Å²) in [5.74, 6) is -0.207. The van der Waals surface area contributed by atoms with Crippen molar-refractivity contribution in [2.45, 2.75) is 64.1 Å². The first-order valence-electron chi connectivity index (χ1n) is 10.6. The van der Waals surface area contributed by atoms with Gasteiger partial charge in [0.1, 0.15) is 6.04 Å². The van der Waals surface area contributed by atoms with E-state index in [1.54, 1.807) is 23.1 Å². The van der Waals surface area contributed by atoms with Gasteiger partial charge in [-0.2, -0.15) is 0 Å². The summed E-state index contributed by atoms with van der Waals surface area (Å²) in [4.78, 5) is 28.1. The standard InChI is InChI=1S/C24H28Cl2N2O2/c1-2-22(24(30)27-20-11-4-5-12-20)28(16-18-9-3-6-13-21(18)26)23(29)15-17-8-7-10-19(25)14-17/h3,6-10,13-14,20,22H,2,4-5,11-12,15-16H2,1H3,(H,27,30)/t22-/m1/s1. The van der Waals surface area contributed by atoms with Crippen LogP contribution < -0.4 is 5.32 Å². The van der Waals surface area contributed by atoms with E-state index in [9.17, 15) is 9.59 Å². The SMILES string of the molecule is CC[C@H](C(=O)NC1CCCC1)N(Cc1ccccc1Cl)C(=O)Cc1cccc(Cl)c1. The number of halogens is 2. The molecule has 3 rings (SSSR count). The molecule has 0 unspecified atom stereocenters. The van der Waals surface area contributed by atoms with Gasteiger partial charge in [-0.3, -0.25) is 9.59 Å². The van der Waals surface area contributed by atoms with E-state index >= 15 is 0 Å². The Hall–Kier alpha value is -2.04. The van der Waals surface area contributed by atoms with Crippen molar-refractivity contribution in [1.82, 2.24) is 10.2 Å². The van der Waals surface area contributed by atoms with E-state index in [2.05, 4.69) is 5.32 Å². The fraction of sp³-hybridized carbons (Fsp3) is 0.417. The van der Waals surface area contributed by atoms with Gasteiger partial charge in [-0.15, -0.1) is 0 Å². The van der Waals surface area contributed by atoms with Crippen molar-refractivity contribution >= 4 is 35.0 Å². The highest BCUT2D eigenvalue weighted by Gasteiger charge is 2.30. The van der Waals surface area contributed by atoms with Crippen molar-refractivity contribution in [2.75, 3.05) is 0 Å². The van der Waals surface area contributed by atoms with Gasteiger partial charge in [0.15, 0.2) is 0 Å². The number of amides is 2. The molecule has 1 atom stereocenters. The van der Waals surface area contributed by atoms with Crippen LogP contribution in [-0.4, -0.2) is 28.8 Å². The summed E-state index contributed by atoms with van der Waals surface area (Å²) in [6.45, 7) is 2.22. The summed E-state index contributed by atoms with van der Waals surface area (Å²) in [6, 6.07) is 14.4. The zero-order chi connectivity index (χ0) is 21.5. The van der Waals surface area contributed by atoms with Crippen molar-refractivity contribution < 1.29 is 9.59 Å². The number of benzene rings is 2. The van der Waals surface area contributed by atoms with E-state index in [1.807, 2.05) is 37.3 Å². The van der Waals surface area contributed by atoms with Gasteiger partial charge in [-0.05, 0) is 48.6 Å². The van der Waals surface area contributed by atoms with Crippen LogP contribution in [0.15, 0.2) is 48.5 Å². The molecule has 0 saturated heterocycles. The van der Waals surface area contributed by atoms with Crippen LogP contribution in [0.4, 0.5) is 0 Å². The highest BCUT2D eigenvalue weighted by atomic mass is 35.5. The lowest BCUT2D eigenvalue weighted by atomic mass is 10.1. The van der Waals surface area contributed by atoms with Gasteiger partial charge in [0.05, 0.1) is 6.42 Å². The van der Waals surface area contributed by atoms with Crippen molar-refractivity contribution in [3.8, 4) is 0 Å². The molecule has 6 heteroatoms. The Labute approximate surface area is 188 Å². The number of nitrogens with one attached hydrogen (secondary N) is 1. The van der Waals surface area contributed by atoms with Gasteiger partial charge >= 0.3 is 0 Å². The molecule has 2 amide bonds. The third-order valence-electron chi connectivity index (χ3n) is 5.63. The summed E-state index contributed by atoms with van der Waals surface area (Å²) in [5, 5.41) is 4.33. The second-order valence-electron chi connectivity index (χ2n) is 7.83. The van der Waals surface area contributed by atoms with Gasteiger partial charge in [-0.1, -0.05) is 73.3 Å². The van der Waals surface area contributed by atoms with E-state index in [0.717, 1.165) is 36.8 Å². The Morgan fingerprint density at radius 2 is 1.83 bits per heavy atom. The van der Waals surface area contributed by atoms with Crippen LogP contribution in [0.2, 0.25) is 10.0 Å². The monoisotopic (exact) mass is 446 g/mol. The summed E-state index contributed by atoms with van der Waals surface area (Å²) in [6.07, 6.45) is 4.99. The summed E-state index contributed by atoms with van der Waals surface area (Å²) >= 11 is 12.5. The van der Waals surface area contributed by atoms with E-state index < -0.39 is 6.04 Å². The smallest absolute Gasteiger partial charge is 0.243 e. The van der Waals surface area contributed by atoms with E-state index in [0.29, 0.717) is 16.5 Å². The minimum absolute atomic E-state index is 0.0871. The molecular formula is C24H28Cl2N2O2. The largest absolute Gasteiger partial charge is 0.352 e. The quantitative estimate of drug-likeness (QED) is 0.589. The number of hydrogen-bond acceptors (Lipinski definition) is 2. The topological polar surface area (TPSA) is 49.4 Å². The lowest BCUT2D eigenvalue weighted by Gasteiger charge is -2.32. The van der Waals surface area contributed by atoms with Crippen molar-refractivity contribution in [3.63, 3.8) is 0 Å². The van der Waals surface area contributed by atoms with E-state index in [-0.39, 0.29) is 30.8 Å². The first kappa shape index (κ1) is 22.6. The van der Waals surface area contributed by atoms with Gasteiger partial charge in [0.25, 0.3) is 0 Å². The van der Waals surface area contributed by atoms with Crippen LogP contribution in [0.25, 0.3) is 0 Å². The molecule has 1 fully saturated rings. The van der Waals surface area contributed by atoms with Gasteiger partial charge in [-0.25, -0.2) is 0 Å². The molecule has 1 N–H and O–H groups in total. The zero-order valence-electron chi connectivity index (χ0n) is 17.2. The molecule has 0 radical (unpaired) electrons. The molecule has 4 nitrogen and oxygen atoms in total. The minimum Gasteiger partial charge on any atom is -0.352 e. The van der Waals surface area contributed by atoms with Crippen LogP contribution in [0.5, 0.6) is 0 Å². The number of hydrogen-bond donors (Lipinski definition) is 1. The first-order chi connectivity index (χ1) is 14.5. The molecule has 160 valence electrons. The second-order valence-corrected chi connectivity index (χ2v) is 8.68. The maximum atomic E-state index is 13.3. The Balaban J connectivity index is 1.83. The Morgan fingerprint density at radius 1 is 1.10 bits per heavy atom. The fourth-order valence-electron chi connectivity index (χ4n) is 4.02. The number of nitrogens with zero attached hydrogens (tertiary/aromatic N) is 1. The molecule has 0 spiro atoms. The number of carbonyl (C=O) groups is 2. The third kappa shape index (κ3) is 5.99. The molecule has 1 saturated carbocycles. The van der Waals surface area contributed by atoms with E-state index in [1.165, 1.54) is 0 Å². The Morgan fingerprint density at radius 3 is 2.50 bits per heavy atom. The Kier molecular flexibility index (Phi) is 8.17. The second kappa shape index (κ2) is 10.8. The maximum absolute atomic E-state index is 13.3. The first-order valence-corrected chi connectivity index (χ1v) is 11.3. The van der Waals surface area contributed by atoms with Crippen LogP contribution >= 0.6 is 23.2 Å². The number of rotatable bonds is 8. The average Bonchev–Trinajstić information content (AvgIpc) is 3.22. The maximum Gasteiger partial charge on any atom is 0.243 e. The molecule has 1 aliphatic carbocycles. The average molecular weight is 447 g/mol. The zero-order valence-corrected chi connectivity index (χ0v) is 18.8. The summed E-state index contributed by atoms with van der Waals surface area (Å²) < 4.78 is 0. The molecule has 30 heavy (non-hydrogen) atoms. The highest BCUT2D eigenvalue weighted by Crippen LogP contribution is 2.22. The van der Waals surface area contributed by atoms with Crippen LogP contribution in [0.3, 0.4) is 0 Å². The minimum atomic E-state index is -0.548. The number of carbonyl (C=O) groups excluding carboxylic acids is 2. The molecule has 0 bridgehead atoms. The summed E-state index contributed by atoms with van der Waals surface area (Å²) in [5.41, 5.74) is 1.65. The lowest BCUT2D eigenvalue weighted by molar-refractivity contribution is -0.141. The molecular weight excluding hydrogens is 419 g/mol. The normalized spacial score (nSPS) is 15.0. The third-order valence-corrected chi connectivity index (χ3v) is 6.23. The molecule has 0 aliphatic heterocycles. The Bertz CT molecular complexity index is 881. The van der Waals surface area contributed by atoms with Crippen LogP contribution in [-0.2, 0) is 22.6 Å². The molecule has 0 aromatic heterocycles. The van der Waals surface area contributed by atoms with Crippen LogP contribution in [0, 0.1) is 0 Å². The highest BCUT2D eigenvalue weighted by molar-refractivity contribution is 6.31. The molecule has 1 aliphatic rings. The van der Waals surface area contributed by atoms with Crippen molar-refractivity contribution in [3.05, 3.63) is 69.7 Å². The van der Waals surface area contributed by atoms with E-state index in [4.69, 9.17) is 23.2 Å². The molecule has 0 heterocycles. The lowest BCUT2D eigenvalue weighted by Crippen LogP contribution is -2.51. The van der Waals surface area contributed by atoms with Crippen LogP contribution in [0.1, 0.15) is 50.2 Å². The molecule has 2 aromatic carbocycles. The fourth-order valence-corrected chi connectivity index (χ4v) is 4.43. The molecule has 2 aromatic rings.